The molecule has 0 bridgehead atoms. The minimum atomic E-state index is -1.09. The Kier molecular flexibility index (Phi) is 3.00. The molecule has 0 fully saturated rings. The molecular formula is C10H9N5O3. The maximum atomic E-state index is 12.0. The number of carbonyl (C=O) groups is 1. The highest BCUT2D eigenvalue weighted by molar-refractivity contribution is 5.85. The predicted molar refractivity (Wildman–Crippen MR) is 62.2 cm³/mol. The Morgan fingerprint density at radius 1 is 1.50 bits per heavy atom. The topological polar surface area (TPSA) is 124 Å². The molecule has 2 aromatic rings. The lowest BCUT2D eigenvalue weighted by Gasteiger charge is -2.06. The SMILES string of the molecule is N=C(Cn1cnc2ncccc2c1=O)OC(N)=O. The molecule has 0 atom stereocenters. The van der Waals surface area contributed by atoms with Crippen LogP contribution in [0.2, 0.25) is 0 Å². The van der Waals surface area contributed by atoms with Gasteiger partial charge in [0.2, 0.25) is 5.90 Å². The molecule has 92 valence electrons. The quantitative estimate of drug-likeness (QED) is 0.564. The van der Waals surface area contributed by atoms with Crippen LogP contribution >= 0.6 is 0 Å². The Hall–Kier alpha value is -2.77. The second-order valence-electron chi connectivity index (χ2n) is 3.40. The van der Waals surface area contributed by atoms with E-state index in [0.717, 1.165) is 4.57 Å². The van der Waals surface area contributed by atoms with Gasteiger partial charge < -0.3 is 10.5 Å². The number of ether oxygens (including phenoxy) is 1. The predicted octanol–water partition coefficient (Wildman–Crippen LogP) is -0.136. The molecule has 0 aliphatic carbocycles. The van der Waals surface area contributed by atoms with Crippen molar-refractivity contribution in [3.05, 3.63) is 35.0 Å². The number of hydrogen-bond acceptors (Lipinski definition) is 6. The van der Waals surface area contributed by atoms with Crippen LogP contribution in [0.4, 0.5) is 4.79 Å². The third-order valence-corrected chi connectivity index (χ3v) is 2.14. The van der Waals surface area contributed by atoms with Gasteiger partial charge in [0, 0.05) is 6.20 Å². The van der Waals surface area contributed by atoms with E-state index in [-0.39, 0.29) is 12.1 Å². The highest BCUT2D eigenvalue weighted by Crippen LogP contribution is 2.00. The Morgan fingerprint density at radius 2 is 2.28 bits per heavy atom. The molecular weight excluding hydrogens is 238 g/mol. The van der Waals surface area contributed by atoms with Crippen LogP contribution in [-0.2, 0) is 11.3 Å². The van der Waals surface area contributed by atoms with Crippen molar-refractivity contribution < 1.29 is 9.53 Å². The lowest BCUT2D eigenvalue weighted by Crippen LogP contribution is -2.28. The van der Waals surface area contributed by atoms with E-state index in [1.165, 1.54) is 12.5 Å². The largest absolute Gasteiger partial charge is 0.411 e. The molecule has 2 heterocycles. The fraction of sp³-hybridized carbons (Fsp3) is 0.100. The van der Waals surface area contributed by atoms with Gasteiger partial charge in [-0.25, -0.2) is 14.8 Å². The van der Waals surface area contributed by atoms with E-state index in [9.17, 15) is 9.59 Å². The second kappa shape index (κ2) is 4.62. The number of fused-ring (bicyclic) bond motifs is 1. The van der Waals surface area contributed by atoms with E-state index in [1.54, 1.807) is 12.1 Å². The Balaban J connectivity index is 2.35. The number of primary amides is 1. The van der Waals surface area contributed by atoms with E-state index in [4.69, 9.17) is 11.1 Å². The number of hydrogen-bond donors (Lipinski definition) is 2. The van der Waals surface area contributed by atoms with Crippen molar-refractivity contribution in [2.45, 2.75) is 6.54 Å². The molecule has 0 aliphatic heterocycles. The first kappa shape index (κ1) is 11.7. The van der Waals surface area contributed by atoms with Gasteiger partial charge >= 0.3 is 6.09 Å². The van der Waals surface area contributed by atoms with Gasteiger partial charge in [0.15, 0.2) is 5.65 Å². The van der Waals surface area contributed by atoms with Gasteiger partial charge in [0.25, 0.3) is 5.56 Å². The standard InChI is InChI=1S/C10H9N5O3/c11-7(18-10(12)17)4-15-5-14-8-6(9(15)16)2-1-3-13-8/h1-3,5,11H,4H2,(H2,12,17). The zero-order valence-electron chi connectivity index (χ0n) is 9.16. The Morgan fingerprint density at radius 3 is 3.00 bits per heavy atom. The van der Waals surface area contributed by atoms with Crippen LogP contribution in [0.25, 0.3) is 11.0 Å². The number of nitrogens with one attached hydrogen (secondary N) is 1. The molecule has 0 aromatic carbocycles. The van der Waals surface area contributed by atoms with E-state index in [1.807, 2.05) is 0 Å². The lowest BCUT2D eigenvalue weighted by molar-refractivity contribution is 0.205. The fourth-order valence-electron chi connectivity index (χ4n) is 1.42. The monoisotopic (exact) mass is 247 g/mol. The average molecular weight is 247 g/mol. The summed E-state index contributed by atoms with van der Waals surface area (Å²) in [4.78, 5) is 30.3. The number of nitrogens with zero attached hydrogens (tertiary/aromatic N) is 3. The van der Waals surface area contributed by atoms with Crippen molar-refractivity contribution in [2.24, 2.45) is 5.73 Å². The fourth-order valence-corrected chi connectivity index (χ4v) is 1.42. The number of rotatable bonds is 2. The maximum absolute atomic E-state index is 12.0. The molecule has 0 radical (unpaired) electrons. The summed E-state index contributed by atoms with van der Waals surface area (Å²) >= 11 is 0. The third kappa shape index (κ3) is 2.32. The molecule has 8 heteroatoms. The minimum Gasteiger partial charge on any atom is -0.394 e. The highest BCUT2D eigenvalue weighted by atomic mass is 16.6. The highest BCUT2D eigenvalue weighted by Gasteiger charge is 2.08. The van der Waals surface area contributed by atoms with Crippen molar-refractivity contribution in [1.82, 2.24) is 14.5 Å². The molecule has 0 aliphatic rings. The summed E-state index contributed by atoms with van der Waals surface area (Å²) in [6.45, 7) is -0.223. The van der Waals surface area contributed by atoms with E-state index in [2.05, 4.69) is 14.7 Å². The first-order valence-electron chi connectivity index (χ1n) is 4.93. The van der Waals surface area contributed by atoms with Gasteiger partial charge in [-0.3, -0.25) is 14.8 Å². The number of amides is 1. The number of nitrogens with two attached hydrogens (primary N) is 1. The molecule has 2 aromatic heterocycles. The Bertz CT molecular complexity index is 679. The molecule has 18 heavy (non-hydrogen) atoms. The zero-order chi connectivity index (χ0) is 13.1. The average Bonchev–Trinajstić information content (AvgIpc) is 2.32. The van der Waals surface area contributed by atoms with Gasteiger partial charge in [-0.2, -0.15) is 0 Å². The van der Waals surface area contributed by atoms with Crippen LogP contribution < -0.4 is 11.3 Å². The van der Waals surface area contributed by atoms with Crippen LogP contribution in [0.5, 0.6) is 0 Å². The van der Waals surface area contributed by atoms with Crippen LogP contribution in [0.3, 0.4) is 0 Å². The van der Waals surface area contributed by atoms with Crippen molar-refractivity contribution >= 4 is 23.0 Å². The smallest absolute Gasteiger partial charge is 0.394 e. The summed E-state index contributed by atoms with van der Waals surface area (Å²) < 4.78 is 5.47. The molecule has 3 N–H and O–H groups in total. The number of aromatic nitrogens is 3. The summed E-state index contributed by atoms with van der Waals surface area (Å²) in [5.74, 6) is -0.436. The number of pyridine rings is 1. The summed E-state index contributed by atoms with van der Waals surface area (Å²) in [5.41, 5.74) is 4.71. The van der Waals surface area contributed by atoms with E-state index < -0.39 is 12.0 Å². The zero-order valence-corrected chi connectivity index (χ0v) is 9.16. The van der Waals surface area contributed by atoms with Gasteiger partial charge in [-0.15, -0.1) is 0 Å². The summed E-state index contributed by atoms with van der Waals surface area (Å²) in [6, 6.07) is 3.19. The molecule has 0 spiro atoms. The maximum Gasteiger partial charge on any atom is 0.411 e. The van der Waals surface area contributed by atoms with Gasteiger partial charge in [0.05, 0.1) is 5.39 Å². The first-order chi connectivity index (χ1) is 8.58. The van der Waals surface area contributed by atoms with Crippen molar-refractivity contribution in [1.29, 1.82) is 5.41 Å². The minimum absolute atomic E-state index is 0.223. The van der Waals surface area contributed by atoms with E-state index in [0.29, 0.717) is 11.0 Å². The lowest BCUT2D eigenvalue weighted by atomic mass is 10.3. The normalized spacial score (nSPS) is 10.2. The van der Waals surface area contributed by atoms with Crippen LogP contribution in [0.15, 0.2) is 29.5 Å². The summed E-state index contributed by atoms with van der Waals surface area (Å²) in [6.07, 6.45) is 1.66. The van der Waals surface area contributed by atoms with Crippen LogP contribution in [0, 0.1) is 5.41 Å². The molecule has 2 rings (SSSR count). The van der Waals surface area contributed by atoms with Gasteiger partial charge in [-0.05, 0) is 12.1 Å². The Labute approximate surface area is 101 Å². The van der Waals surface area contributed by atoms with Crippen molar-refractivity contribution in [3.63, 3.8) is 0 Å². The van der Waals surface area contributed by atoms with Crippen LogP contribution in [-0.4, -0.2) is 26.5 Å². The summed E-state index contributed by atoms with van der Waals surface area (Å²) in [5, 5.41) is 7.66. The molecule has 0 saturated carbocycles. The molecule has 8 nitrogen and oxygen atoms in total. The third-order valence-electron chi connectivity index (χ3n) is 2.14. The van der Waals surface area contributed by atoms with E-state index >= 15 is 0 Å². The molecule has 0 unspecified atom stereocenters. The molecule has 0 saturated heterocycles. The van der Waals surface area contributed by atoms with Gasteiger partial charge in [-0.1, -0.05) is 0 Å². The number of carbonyl (C=O) groups excluding carboxylic acids is 1. The second-order valence-corrected chi connectivity index (χ2v) is 3.40. The molecule has 1 amide bonds. The summed E-state index contributed by atoms with van der Waals surface area (Å²) in [7, 11) is 0. The van der Waals surface area contributed by atoms with Crippen molar-refractivity contribution in [3.8, 4) is 0 Å². The van der Waals surface area contributed by atoms with Crippen molar-refractivity contribution in [2.75, 3.05) is 0 Å². The van der Waals surface area contributed by atoms with Gasteiger partial charge in [0.1, 0.15) is 12.9 Å². The first-order valence-corrected chi connectivity index (χ1v) is 4.93. The van der Waals surface area contributed by atoms with Crippen LogP contribution in [0.1, 0.15) is 0 Å².